The molecule has 0 spiro atoms. The zero-order valence-corrected chi connectivity index (χ0v) is 20.9. The van der Waals surface area contributed by atoms with Gasteiger partial charge in [-0.2, -0.15) is 0 Å². The minimum absolute atomic E-state index is 0.142. The number of benzene rings is 1. The molecule has 0 heterocycles. The average molecular weight is 472 g/mol. The first-order chi connectivity index (χ1) is 16.4. The van der Waals surface area contributed by atoms with Gasteiger partial charge in [0.25, 0.3) is 0 Å². The van der Waals surface area contributed by atoms with Crippen molar-refractivity contribution in [3.8, 4) is 11.5 Å². The van der Waals surface area contributed by atoms with Crippen LogP contribution in [-0.4, -0.2) is 37.5 Å². The Hall–Kier alpha value is -2.96. The highest BCUT2D eigenvalue weighted by atomic mass is 16.7. The van der Waals surface area contributed by atoms with Gasteiger partial charge < -0.3 is 14.3 Å². The first kappa shape index (κ1) is 27.3. The quantitative estimate of drug-likeness (QED) is 0.131. The molecular weight excluding hydrogens is 434 g/mol. The molecule has 2 rings (SSSR count). The van der Waals surface area contributed by atoms with E-state index < -0.39 is 5.97 Å². The van der Waals surface area contributed by atoms with Crippen molar-refractivity contribution in [2.24, 2.45) is 5.16 Å². The fraction of sp³-hybridized carbons (Fsp3) is 0.556. The van der Waals surface area contributed by atoms with Gasteiger partial charge in [0.2, 0.25) is 0 Å². The van der Waals surface area contributed by atoms with E-state index in [1.165, 1.54) is 78.2 Å². The van der Waals surface area contributed by atoms with Gasteiger partial charge in [0.05, 0.1) is 31.1 Å². The number of carbonyl (C=O) groups excluding carboxylic acids is 3. The van der Waals surface area contributed by atoms with Crippen molar-refractivity contribution in [3.05, 3.63) is 34.9 Å². The largest absolute Gasteiger partial charge is 0.496 e. The summed E-state index contributed by atoms with van der Waals surface area (Å²) in [6, 6.07) is 1.63. The van der Waals surface area contributed by atoms with Crippen LogP contribution in [0, 0.1) is 0 Å². The fourth-order valence-electron chi connectivity index (χ4n) is 4.15. The highest BCUT2D eigenvalue weighted by molar-refractivity contribution is 6.25. The minimum Gasteiger partial charge on any atom is -0.496 e. The Bertz CT molecular complexity index is 932. The number of methoxy groups -OCH3 is 2. The molecule has 7 nitrogen and oxygen atoms in total. The molecule has 0 bridgehead atoms. The number of allylic oxidation sites excluding steroid dienone is 2. The summed E-state index contributed by atoms with van der Waals surface area (Å²) in [4.78, 5) is 41.5. The second-order valence-corrected chi connectivity index (χ2v) is 8.52. The summed E-state index contributed by atoms with van der Waals surface area (Å²) in [6.07, 6.45) is 14.9. The second-order valence-electron chi connectivity index (χ2n) is 8.52. The Balaban J connectivity index is 2.16. The van der Waals surface area contributed by atoms with Gasteiger partial charge in [0, 0.05) is 12.5 Å². The number of carbonyl (C=O) groups is 3. The molecule has 1 aliphatic carbocycles. The van der Waals surface area contributed by atoms with Gasteiger partial charge in [-0.3, -0.25) is 9.59 Å². The van der Waals surface area contributed by atoms with Gasteiger partial charge in [-0.25, -0.2) is 4.79 Å². The lowest BCUT2D eigenvalue weighted by molar-refractivity contribution is -0.140. The Labute approximate surface area is 202 Å². The van der Waals surface area contributed by atoms with E-state index in [2.05, 4.69) is 12.1 Å². The maximum absolute atomic E-state index is 12.7. The van der Waals surface area contributed by atoms with Crippen LogP contribution in [0.25, 0.3) is 0 Å². The van der Waals surface area contributed by atoms with Gasteiger partial charge in [-0.15, -0.1) is 0 Å². The summed E-state index contributed by atoms with van der Waals surface area (Å²) in [5, 5.41) is 4.06. The summed E-state index contributed by atoms with van der Waals surface area (Å²) in [5.74, 6) is -0.732. The molecule has 0 saturated carbocycles. The third kappa shape index (κ3) is 7.54. The summed E-state index contributed by atoms with van der Waals surface area (Å²) in [6.45, 7) is 3.50. The van der Waals surface area contributed by atoms with E-state index in [0.717, 1.165) is 19.3 Å². The monoisotopic (exact) mass is 471 g/mol. The SMILES string of the molecule is CCCCCCCCCCCCC(=NOC(C)=O)c1cc(OC)c2c(c1OC)C(=O)C=CC2=O. The van der Waals surface area contributed by atoms with E-state index in [-0.39, 0.29) is 34.2 Å². The molecule has 1 aliphatic rings. The number of fused-ring (bicyclic) bond motifs is 1. The van der Waals surface area contributed by atoms with E-state index in [4.69, 9.17) is 14.3 Å². The number of hydrogen-bond acceptors (Lipinski definition) is 7. The van der Waals surface area contributed by atoms with Crippen LogP contribution in [0.4, 0.5) is 0 Å². The minimum atomic E-state index is -0.543. The molecule has 0 unspecified atom stereocenters. The van der Waals surface area contributed by atoms with Crippen LogP contribution in [0.1, 0.15) is 111 Å². The fourth-order valence-corrected chi connectivity index (χ4v) is 4.15. The van der Waals surface area contributed by atoms with Gasteiger partial charge >= 0.3 is 5.97 Å². The first-order valence-corrected chi connectivity index (χ1v) is 12.2. The number of ether oxygens (including phenoxy) is 2. The van der Waals surface area contributed by atoms with E-state index >= 15 is 0 Å². The van der Waals surface area contributed by atoms with Crippen LogP contribution in [-0.2, 0) is 9.63 Å². The Morgan fingerprint density at radius 2 is 1.38 bits per heavy atom. The van der Waals surface area contributed by atoms with Crippen LogP contribution in [0.15, 0.2) is 23.4 Å². The number of oxime groups is 1. The maximum Gasteiger partial charge on any atom is 0.331 e. The van der Waals surface area contributed by atoms with Crippen LogP contribution in [0.2, 0.25) is 0 Å². The van der Waals surface area contributed by atoms with Crippen molar-refractivity contribution in [2.75, 3.05) is 14.2 Å². The number of hydrogen-bond donors (Lipinski definition) is 0. The third-order valence-corrected chi connectivity index (χ3v) is 5.91. The van der Waals surface area contributed by atoms with Crippen LogP contribution >= 0.6 is 0 Å². The molecule has 0 amide bonds. The molecule has 0 saturated heterocycles. The molecule has 0 N–H and O–H groups in total. The third-order valence-electron chi connectivity index (χ3n) is 5.91. The number of ketones is 2. The molecule has 7 heteroatoms. The van der Waals surface area contributed by atoms with E-state index in [9.17, 15) is 14.4 Å². The Morgan fingerprint density at radius 3 is 1.91 bits per heavy atom. The van der Waals surface area contributed by atoms with E-state index in [1.807, 2.05) is 0 Å². The Morgan fingerprint density at radius 1 is 0.824 bits per heavy atom. The average Bonchev–Trinajstić information content (AvgIpc) is 2.83. The molecule has 0 fully saturated rings. The zero-order valence-electron chi connectivity index (χ0n) is 20.9. The first-order valence-electron chi connectivity index (χ1n) is 12.2. The summed E-state index contributed by atoms with van der Waals surface area (Å²) in [7, 11) is 2.87. The zero-order chi connectivity index (χ0) is 24.9. The van der Waals surface area contributed by atoms with Gasteiger partial charge in [-0.05, 0) is 31.1 Å². The van der Waals surface area contributed by atoms with E-state index in [0.29, 0.717) is 17.7 Å². The molecule has 34 heavy (non-hydrogen) atoms. The predicted molar refractivity (Wildman–Crippen MR) is 132 cm³/mol. The highest BCUT2D eigenvalue weighted by Crippen LogP contribution is 2.38. The molecule has 0 radical (unpaired) electrons. The summed E-state index contributed by atoms with van der Waals surface area (Å²) >= 11 is 0. The van der Waals surface area contributed by atoms with Gasteiger partial charge in [0.1, 0.15) is 11.5 Å². The smallest absolute Gasteiger partial charge is 0.331 e. The lowest BCUT2D eigenvalue weighted by Crippen LogP contribution is -2.18. The number of nitrogens with zero attached hydrogens (tertiary/aromatic N) is 1. The standard InChI is InChI=1S/C27H37NO6/c1-5-6-7-8-9-10-11-12-13-14-15-21(28-34-19(2)29)20-18-24(32-3)25-22(30)16-17-23(31)26(25)27(20)33-4/h16-18H,5-15H2,1-4H3. The Kier molecular flexibility index (Phi) is 11.5. The molecule has 0 aromatic heterocycles. The molecule has 1 aromatic carbocycles. The van der Waals surface area contributed by atoms with Gasteiger partial charge in [0.15, 0.2) is 11.6 Å². The van der Waals surface area contributed by atoms with Crippen molar-refractivity contribution >= 4 is 23.2 Å². The van der Waals surface area contributed by atoms with Crippen molar-refractivity contribution in [1.29, 1.82) is 0 Å². The number of rotatable bonds is 15. The highest BCUT2D eigenvalue weighted by Gasteiger charge is 2.31. The second kappa shape index (κ2) is 14.3. The van der Waals surface area contributed by atoms with Crippen LogP contribution in [0.5, 0.6) is 11.5 Å². The normalized spacial score (nSPS) is 13.1. The molecule has 1 aromatic rings. The van der Waals surface area contributed by atoms with Crippen LogP contribution < -0.4 is 9.47 Å². The van der Waals surface area contributed by atoms with Crippen LogP contribution in [0.3, 0.4) is 0 Å². The summed E-state index contributed by atoms with van der Waals surface area (Å²) < 4.78 is 11.0. The predicted octanol–water partition coefficient (Wildman–Crippen LogP) is 6.22. The van der Waals surface area contributed by atoms with Crippen molar-refractivity contribution < 1.29 is 28.7 Å². The molecule has 0 aliphatic heterocycles. The van der Waals surface area contributed by atoms with Crippen molar-refractivity contribution in [3.63, 3.8) is 0 Å². The lowest BCUT2D eigenvalue weighted by Gasteiger charge is -2.20. The lowest BCUT2D eigenvalue weighted by atomic mass is 9.88. The molecule has 0 atom stereocenters. The maximum atomic E-state index is 12.7. The summed E-state index contributed by atoms with van der Waals surface area (Å²) in [5.41, 5.74) is 1.26. The van der Waals surface area contributed by atoms with Crippen molar-refractivity contribution in [1.82, 2.24) is 0 Å². The molecular formula is C27H37NO6. The van der Waals surface area contributed by atoms with Crippen molar-refractivity contribution in [2.45, 2.75) is 84.5 Å². The van der Waals surface area contributed by atoms with Gasteiger partial charge in [-0.1, -0.05) is 69.9 Å². The topological polar surface area (TPSA) is 91.3 Å². The van der Waals surface area contributed by atoms with E-state index in [1.54, 1.807) is 6.07 Å². The molecule has 186 valence electrons. The number of unbranched alkanes of at least 4 members (excludes halogenated alkanes) is 9.